The molecule has 3 heterocycles. The first kappa shape index (κ1) is 46.9. The van der Waals surface area contributed by atoms with Crippen molar-refractivity contribution in [3.05, 3.63) is 252 Å². The zero-order chi connectivity index (χ0) is 51.7. The lowest BCUT2D eigenvalue weighted by molar-refractivity contribution is 0.294. The maximum Gasteiger partial charge on any atom is 0.159 e. The highest BCUT2D eigenvalue weighted by atomic mass is 16.3. The van der Waals surface area contributed by atoms with Gasteiger partial charge in [0.1, 0.15) is 23.2 Å². The van der Waals surface area contributed by atoms with Gasteiger partial charge in [-0.3, -0.25) is 0 Å². The van der Waals surface area contributed by atoms with Crippen LogP contribution in [-0.2, 0) is 5.41 Å². The molecule has 9 aromatic carbocycles. The van der Waals surface area contributed by atoms with Crippen LogP contribution in [0.25, 0.3) is 88.4 Å². The molecule has 0 bridgehead atoms. The van der Waals surface area contributed by atoms with Crippen LogP contribution in [0.1, 0.15) is 81.9 Å². The first-order valence-corrected chi connectivity index (χ1v) is 26.7. The molecule has 5 nitrogen and oxygen atoms in total. The number of benzene rings is 9. The van der Waals surface area contributed by atoms with Gasteiger partial charge in [0, 0.05) is 43.8 Å². The lowest BCUT2D eigenvalue weighted by Gasteiger charge is -2.30. The highest BCUT2D eigenvalue weighted by molar-refractivity contribution is 6.17. The monoisotopic (exact) mass is 984 g/mol. The lowest BCUT2D eigenvalue weighted by Crippen LogP contribution is -2.33. The summed E-state index contributed by atoms with van der Waals surface area (Å²) in [7, 11) is 0. The van der Waals surface area contributed by atoms with Gasteiger partial charge in [-0.25, -0.2) is 9.98 Å². The predicted molar refractivity (Wildman–Crippen MR) is 320 cm³/mol. The van der Waals surface area contributed by atoms with Crippen LogP contribution >= 0.6 is 0 Å². The summed E-state index contributed by atoms with van der Waals surface area (Å²) >= 11 is 0. The molecule has 1 aliphatic heterocycles. The van der Waals surface area contributed by atoms with Crippen LogP contribution in [0.15, 0.2) is 239 Å². The Morgan fingerprint density at radius 3 is 1.70 bits per heavy atom. The molecule has 76 heavy (non-hydrogen) atoms. The van der Waals surface area contributed by atoms with E-state index in [1.54, 1.807) is 0 Å². The number of aromatic nitrogens is 1. The quantitative estimate of drug-likeness (QED) is 0.165. The number of nitrogens with one attached hydrogen (secondary N) is 1. The highest BCUT2D eigenvalue weighted by Gasteiger charge is 2.29. The lowest BCUT2D eigenvalue weighted by atomic mass is 9.75. The van der Waals surface area contributed by atoms with Gasteiger partial charge in [-0.05, 0) is 122 Å². The van der Waals surface area contributed by atoms with Crippen molar-refractivity contribution in [1.82, 2.24) is 9.88 Å². The largest absolute Gasteiger partial charge is 0.456 e. The molecule has 0 fully saturated rings. The van der Waals surface area contributed by atoms with Gasteiger partial charge in [0.2, 0.25) is 0 Å². The maximum absolute atomic E-state index is 6.45. The molecule has 0 radical (unpaired) electrons. The number of hydrogen-bond donors (Lipinski definition) is 1. The Hall–Kier alpha value is -8.80. The van der Waals surface area contributed by atoms with Crippen LogP contribution in [0.5, 0.6) is 0 Å². The Kier molecular flexibility index (Phi) is 11.5. The van der Waals surface area contributed by atoms with Gasteiger partial charge in [-0.15, -0.1) is 0 Å². The van der Waals surface area contributed by atoms with Crippen molar-refractivity contribution < 1.29 is 4.42 Å². The van der Waals surface area contributed by atoms with Crippen LogP contribution in [0.2, 0.25) is 0 Å². The Bertz CT molecular complexity index is 4060. The Morgan fingerprint density at radius 2 is 1.08 bits per heavy atom. The minimum atomic E-state index is -0.399. The van der Waals surface area contributed by atoms with Crippen molar-refractivity contribution in [3.8, 4) is 39.1 Å². The summed E-state index contributed by atoms with van der Waals surface area (Å²) in [6.07, 6.45) is 7.82. The first-order chi connectivity index (χ1) is 36.9. The number of amidine groups is 2. The minimum Gasteiger partial charge on any atom is -0.456 e. The van der Waals surface area contributed by atoms with E-state index in [1.165, 1.54) is 44.2 Å². The molecule has 0 spiro atoms. The number of rotatable bonds is 8. The SMILES string of the molecule is CC(C)(C)c1ccc(-c2cc(C3=NC(c4ccc5c(c4)oc4ccccc45)=NC(c4ccccc4)N3)cc(C3=CCC(C(C)(C)C)C=C3)c2-n2c3ccc(-c4ccccc4)cc3c3cc(-c4ccccc4)ccc32)cc1. The summed E-state index contributed by atoms with van der Waals surface area (Å²) in [4.78, 5) is 10.9. The number of nitrogens with zero attached hydrogens (tertiary/aromatic N) is 3. The number of allylic oxidation sites excluding steroid dienone is 4. The smallest absolute Gasteiger partial charge is 0.159 e. The standard InChI is InChI=1S/C71H60N4O/c1-70(2,3)54-33-26-47(27-34-54)58-42-53(69-73-67(49-22-14-9-15-23-49)72-68(74-69)52-30-37-57-56-24-16-17-25-64(56)76-65(57)44-52)43-59(48-28-35-55(36-29-48)71(4,5)6)66(58)75-62-38-31-50(45-18-10-7-11-19-45)40-60(62)61-41-51(32-39-63(61)75)46-20-12-8-13-21-46/h7-35,37-44,55,67H,36H2,1-6H3,(H,72,73,74). The van der Waals surface area contributed by atoms with Gasteiger partial charge in [-0.2, -0.15) is 0 Å². The third kappa shape index (κ3) is 8.56. The molecule has 2 atom stereocenters. The second-order valence-electron chi connectivity index (χ2n) is 22.7. The number of hydrogen-bond acceptors (Lipinski definition) is 4. The number of aliphatic imine (C=N–C) groups is 2. The number of para-hydroxylation sites is 1. The van der Waals surface area contributed by atoms with Crippen LogP contribution in [0, 0.1) is 11.3 Å². The summed E-state index contributed by atoms with van der Waals surface area (Å²) in [5.41, 5.74) is 18.6. The average molecular weight is 985 g/mol. The average Bonchev–Trinajstić information content (AvgIpc) is 4.00. The van der Waals surface area contributed by atoms with Gasteiger partial charge in [0.05, 0.1) is 16.7 Å². The topological polar surface area (TPSA) is 54.8 Å². The normalized spacial score (nSPS) is 16.0. The summed E-state index contributed by atoms with van der Waals surface area (Å²) in [5, 5.41) is 8.42. The second kappa shape index (κ2) is 18.5. The van der Waals surface area contributed by atoms with Crippen molar-refractivity contribution in [2.75, 3.05) is 0 Å². The first-order valence-electron chi connectivity index (χ1n) is 26.7. The molecule has 0 saturated carbocycles. The zero-order valence-electron chi connectivity index (χ0n) is 44.0. The van der Waals surface area contributed by atoms with E-state index in [0.717, 1.165) is 84.3 Å². The van der Waals surface area contributed by atoms with Crippen molar-refractivity contribution in [2.24, 2.45) is 21.3 Å². The molecule has 11 aromatic rings. The predicted octanol–water partition coefficient (Wildman–Crippen LogP) is 18.5. The molecule has 1 aliphatic carbocycles. The molecule has 13 rings (SSSR count). The van der Waals surface area contributed by atoms with Crippen LogP contribution in [0.3, 0.4) is 0 Å². The van der Waals surface area contributed by atoms with E-state index in [1.807, 2.05) is 12.1 Å². The summed E-state index contributed by atoms with van der Waals surface area (Å²) in [5.74, 6) is 1.79. The van der Waals surface area contributed by atoms with Gasteiger partial charge < -0.3 is 14.3 Å². The van der Waals surface area contributed by atoms with E-state index in [-0.39, 0.29) is 10.8 Å². The third-order valence-electron chi connectivity index (χ3n) is 15.7. The second-order valence-corrected chi connectivity index (χ2v) is 22.7. The van der Waals surface area contributed by atoms with Crippen LogP contribution in [0.4, 0.5) is 0 Å². The number of fused-ring (bicyclic) bond motifs is 6. The fourth-order valence-corrected chi connectivity index (χ4v) is 11.3. The molecule has 2 aliphatic rings. The third-order valence-corrected chi connectivity index (χ3v) is 15.7. The number of furan rings is 1. The van der Waals surface area contributed by atoms with E-state index in [2.05, 4.69) is 264 Å². The van der Waals surface area contributed by atoms with Crippen molar-refractivity contribution in [3.63, 3.8) is 0 Å². The van der Waals surface area contributed by atoms with E-state index in [0.29, 0.717) is 11.8 Å². The molecule has 1 N–H and O–H groups in total. The Balaban J connectivity index is 1.09. The van der Waals surface area contributed by atoms with Gasteiger partial charge in [0.25, 0.3) is 0 Å². The summed E-state index contributed by atoms with van der Waals surface area (Å²) < 4.78 is 8.99. The summed E-state index contributed by atoms with van der Waals surface area (Å²) in [6, 6.07) is 74.6. The van der Waals surface area contributed by atoms with Gasteiger partial charge >= 0.3 is 0 Å². The van der Waals surface area contributed by atoms with E-state index < -0.39 is 6.17 Å². The van der Waals surface area contributed by atoms with Gasteiger partial charge in [-0.1, -0.05) is 211 Å². The Labute approximate surface area is 445 Å². The minimum absolute atomic E-state index is 0.0241. The Morgan fingerprint density at radius 1 is 0.500 bits per heavy atom. The molecule has 2 unspecified atom stereocenters. The molecular weight excluding hydrogens is 925 g/mol. The molecule has 2 aromatic heterocycles. The zero-order valence-corrected chi connectivity index (χ0v) is 44.0. The fourth-order valence-electron chi connectivity index (χ4n) is 11.3. The van der Waals surface area contributed by atoms with Crippen molar-refractivity contribution >= 4 is 61.0 Å². The molecule has 0 saturated heterocycles. The molecule has 0 amide bonds. The molecular formula is C71H60N4O. The van der Waals surface area contributed by atoms with Gasteiger partial charge in [0.15, 0.2) is 5.84 Å². The highest BCUT2D eigenvalue weighted by Crippen LogP contribution is 2.45. The van der Waals surface area contributed by atoms with Crippen LogP contribution < -0.4 is 5.32 Å². The van der Waals surface area contributed by atoms with Crippen molar-refractivity contribution in [1.29, 1.82) is 0 Å². The fraction of sp³-hybridized carbons (Fsp3) is 0.155. The van der Waals surface area contributed by atoms with Crippen LogP contribution in [-0.4, -0.2) is 16.2 Å². The summed E-state index contributed by atoms with van der Waals surface area (Å²) in [6.45, 7) is 13.9. The molecule has 5 heteroatoms. The van der Waals surface area contributed by atoms with E-state index in [9.17, 15) is 0 Å². The van der Waals surface area contributed by atoms with E-state index >= 15 is 0 Å². The maximum atomic E-state index is 6.45. The van der Waals surface area contributed by atoms with E-state index in [4.69, 9.17) is 14.4 Å². The van der Waals surface area contributed by atoms with Crippen molar-refractivity contribution in [2.45, 2.75) is 59.5 Å². The molecule has 370 valence electrons.